The van der Waals surface area contributed by atoms with Gasteiger partial charge in [0.15, 0.2) is 17.7 Å². The fourth-order valence-corrected chi connectivity index (χ4v) is 3.17. The third kappa shape index (κ3) is 4.82. The first-order chi connectivity index (χ1) is 14.0. The number of methoxy groups -OCH3 is 1. The first-order valence-corrected chi connectivity index (χ1v) is 9.11. The highest BCUT2D eigenvalue weighted by atomic mass is 19.1. The molecule has 0 aliphatic rings. The number of carbonyl (C=O) groups excluding carboxylic acids is 1. The fourth-order valence-electron chi connectivity index (χ4n) is 3.17. The maximum absolute atomic E-state index is 13.9. The van der Waals surface area contributed by atoms with E-state index in [-0.39, 0.29) is 13.0 Å². The minimum absolute atomic E-state index is 0.172. The summed E-state index contributed by atoms with van der Waals surface area (Å²) in [5.74, 6) is -1.35. The third-order valence-electron chi connectivity index (χ3n) is 4.61. The lowest BCUT2D eigenvalue weighted by Crippen LogP contribution is -2.29. The average Bonchev–Trinajstić information content (AvgIpc) is 2.73. The third-order valence-corrected chi connectivity index (χ3v) is 4.61. The molecule has 3 rings (SSSR count). The van der Waals surface area contributed by atoms with Gasteiger partial charge in [0.1, 0.15) is 6.10 Å². The molecular weight excluding hydrogens is 377 g/mol. The summed E-state index contributed by atoms with van der Waals surface area (Å²) in [4.78, 5) is 12.6. The van der Waals surface area contributed by atoms with Crippen molar-refractivity contribution in [2.24, 2.45) is 0 Å². The molecule has 3 aromatic carbocycles. The summed E-state index contributed by atoms with van der Waals surface area (Å²) in [6.07, 6.45) is -2.27. The van der Waals surface area contributed by atoms with Crippen molar-refractivity contribution < 1.29 is 28.9 Å². The van der Waals surface area contributed by atoms with Crippen LogP contribution < -0.4 is 5.32 Å². The van der Waals surface area contributed by atoms with Gasteiger partial charge >= 0.3 is 6.09 Å². The van der Waals surface area contributed by atoms with Gasteiger partial charge in [-0.3, -0.25) is 5.32 Å². The van der Waals surface area contributed by atoms with Crippen LogP contribution in [0.5, 0.6) is 5.75 Å². The van der Waals surface area contributed by atoms with E-state index in [4.69, 9.17) is 9.47 Å². The van der Waals surface area contributed by atoms with Crippen LogP contribution in [0, 0.1) is 5.82 Å². The number of phenols is 1. The first kappa shape index (κ1) is 20.6. The van der Waals surface area contributed by atoms with Crippen molar-refractivity contribution in [2.45, 2.75) is 18.6 Å². The number of aromatic hydroxyl groups is 1. The van der Waals surface area contributed by atoms with Gasteiger partial charge in [0, 0.05) is 25.5 Å². The molecule has 0 saturated heterocycles. The smallest absolute Gasteiger partial charge is 0.412 e. The lowest BCUT2D eigenvalue weighted by Gasteiger charge is -2.26. The normalized spacial score (nSPS) is 13.1. The molecule has 0 heterocycles. The second kappa shape index (κ2) is 9.36. The van der Waals surface area contributed by atoms with E-state index in [1.807, 2.05) is 36.4 Å². The Bertz CT molecular complexity index is 989. The van der Waals surface area contributed by atoms with Crippen molar-refractivity contribution in [3.8, 4) is 5.75 Å². The van der Waals surface area contributed by atoms with Gasteiger partial charge in [-0.05, 0) is 29.1 Å². The van der Waals surface area contributed by atoms with Crippen LogP contribution in [0.15, 0.2) is 60.7 Å². The SMILES string of the molecule is CO[C@@H](CCO)[C@@H](OC(=O)Nc1cccc2ccccc12)c1ccc(O)c(F)c1. The van der Waals surface area contributed by atoms with Crippen molar-refractivity contribution in [3.05, 3.63) is 72.0 Å². The molecule has 0 spiro atoms. The molecule has 0 radical (unpaired) electrons. The van der Waals surface area contributed by atoms with E-state index >= 15 is 0 Å². The summed E-state index contributed by atoms with van der Waals surface area (Å²) in [5.41, 5.74) is 0.869. The number of phenolic OH excluding ortho intramolecular Hbond substituents is 1. The van der Waals surface area contributed by atoms with Crippen molar-refractivity contribution in [3.63, 3.8) is 0 Å². The zero-order chi connectivity index (χ0) is 20.8. The maximum atomic E-state index is 13.9. The largest absolute Gasteiger partial charge is 0.505 e. The lowest BCUT2D eigenvalue weighted by molar-refractivity contribution is -0.0307. The number of nitrogens with one attached hydrogen (secondary N) is 1. The number of hydrogen-bond acceptors (Lipinski definition) is 5. The summed E-state index contributed by atoms with van der Waals surface area (Å²) >= 11 is 0. The summed E-state index contributed by atoms with van der Waals surface area (Å²) in [6, 6.07) is 16.8. The number of carbonyl (C=O) groups is 1. The molecule has 0 aromatic heterocycles. The van der Waals surface area contributed by atoms with Crippen LogP contribution in [0.4, 0.5) is 14.9 Å². The number of hydrogen-bond donors (Lipinski definition) is 3. The number of aliphatic hydroxyl groups is 1. The molecule has 0 fully saturated rings. The molecule has 0 saturated carbocycles. The van der Waals surface area contributed by atoms with Crippen LogP contribution in [0.2, 0.25) is 0 Å². The van der Waals surface area contributed by atoms with Gasteiger partial charge in [0.05, 0.1) is 5.69 Å². The maximum Gasteiger partial charge on any atom is 0.412 e. The van der Waals surface area contributed by atoms with E-state index in [9.17, 15) is 19.4 Å². The molecule has 1 amide bonds. The number of rotatable bonds is 7. The Balaban J connectivity index is 1.86. The Morgan fingerprint density at radius 3 is 2.62 bits per heavy atom. The minimum atomic E-state index is -0.989. The Morgan fingerprint density at radius 2 is 1.90 bits per heavy atom. The number of halogens is 1. The molecule has 152 valence electrons. The summed E-state index contributed by atoms with van der Waals surface area (Å²) in [7, 11) is 1.41. The number of anilines is 1. The van der Waals surface area contributed by atoms with Gasteiger partial charge in [0.2, 0.25) is 0 Å². The van der Waals surface area contributed by atoms with Crippen molar-refractivity contribution in [2.75, 3.05) is 19.0 Å². The van der Waals surface area contributed by atoms with Crippen LogP contribution in [-0.2, 0) is 9.47 Å². The fraction of sp³-hybridized carbons (Fsp3) is 0.227. The number of aliphatic hydroxyl groups excluding tert-OH is 1. The number of benzene rings is 3. The van der Waals surface area contributed by atoms with Crippen LogP contribution in [0.1, 0.15) is 18.1 Å². The molecule has 0 aliphatic carbocycles. The van der Waals surface area contributed by atoms with E-state index in [1.165, 1.54) is 19.2 Å². The second-order valence-electron chi connectivity index (χ2n) is 6.47. The van der Waals surface area contributed by atoms with Crippen LogP contribution in [0.25, 0.3) is 10.8 Å². The topological polar surface area (TPSA) is 88.0 Å². The van der Waals surface area contributed by atoms with Crippen molar-refractivity contribution in [1.82, 2.24) is 0 Å². The molecule has 3 N–H and O–H groups in total. The molecule has 3 aromatic rings. The first-order valence-electron chi connectivity index (χ1n) is 9.11. The summed E-state index contributed by atoms with van der Waals surface area (Å²) in [5, 5.41) is 23.2. The molecular formula is C22H22FNO5. The molecule has 7 heteroatoms. The van der Waals surface area contributed by atoms with E-state index in [0.717, 1.165) is 16.8 Å². The van der Waals surface area contributed by atoms with Crippen molar-refractivity contribution >= 4 is 22.6 Å². The monoisotopic (exact) mass is 399 g/mol. The van der Waals surface area contributed by atoms with E-state index in [1.54, 1.807) is 6.07 Å². The molecule has 6 nitrogen and oxygen atoms in total. The highest BCUT2D eigenvalue weighted by Crippen LogP contribution is 2.30. The quantitative estimate of drug-likeness (QED) is 0.549. The van der Waals surface area contributed by atoms with Gasteiger partial charge < -0.3 is 19.7 Å². The van der Waals surface area contributed by atoms with Crippen LogP contribution in [0.3, 0.4) is 0 Å². The number of ether oxygens (including phenoxy) is 2. The number of fused-ring (bicyclic) bond motifs is 1. The Morgan fingerprint density at radius 1 is 1.14 bits per heavy atom. The Kier molecular flexibility index (Phi) is 6.64. The van der Waals surface area contributed by atoms with Gasteiger partial charge in [-0.25, -0.2) is 9.18 Å². The highest BCUT2D eigenvalue weighted by Gasteiger charge is 2.28. The van der Waals surface area contributed by atoms with Crippen LogP contribution >= 0.6 is 0 Å². The number of amides is 1. The van der Waals surface area contributed by atoms with E-state index in [2.05, 4.69) is 5.32 Å². The minimum Gasteiger partial charge on any atom is -0.505 e. The second-order valence-corrected chi connectivity index (χ2v) is 6.47. The standard InChI is InChI=1S/C22H22FNO5/c1-28-20(11-12-25)21(15-9-10-19(26)17(23)13-15)29-22(27)24-18-8-4-6-14-5-2-3-7-16(14)18/h2-10,13,20-21,25-26H,11-12H2,1H3,(H,24,27)/t20-,21-/m0/s1. The predicted octanol–water partition coefficient (Wildman–Crippen LogP) is 4.37. The molecule has 0 aliphatic heterocycles. The molecule has 29 heavy (non-hydrogen) atoms. The zero-order valence-corrected chi connectivity index (χ0v) is 15.8. The lowest BCUT2D eigenvalue weighted by atomic mass is 10.0. The van der Waals surface area contributed by atoms with E-state index < -0.39 is 29.9 Å². The Labute approximate surface area is 167 Å². The van der Waals surface area contributed by atoms with Crippen molar-refractivity contribution in [1.29, 1.82) is 0 Å². The van der Waals surface area contributed by atoms with Crippen LogP contribution in [-0.4, -0.2) is 36.1 Å². The van der Waals surface area contributed by atoms with E-state index in [0.29, 0.717) is 11.3 Å². The average molecular weight is 399 g/mol. The molecule has 0 unspecified atom stereocenters. The highest BCUT2D eigenvalue weighted by molar-refractivity contribution is 6.00. The Hall–Kier alpha value is -3.16. The van der Waals surface area contributed by atoms with Gasteiger partial charge in [0.25, 0.3) is 0 Å². The molecule has 2 atom stereocenters. The predicted molar refractivity (Wildman–Crippen MR) is 107 cm³/mol. The summed E-state index contributed by atoms with van der Waals surface area (Å²) in [6.45, 7) is -0.204. The molecule has 0 bridgehead atoms. The van der Waals surface area contributed by atoms with Gasteiger partial charge in [-0.1, -0.05) is 42.5 Å². The zero-order valence-electron chi connectivity index (χ0n) is 15.8. The summed E-state index contributed by atoms with van der Waals surface area (Å²) < 4.78 is 24.8. The van der Waals surface area contributed by atoms with Gasteiger partial charge in [-0.15, -0.1) is 0 Å². The van der Waals surface area contributed by atoms with Gasteiger partial charge in [-0.2, -0.15) is 0 Å².